The molecule has 6 nitrogen and oxygen atoms in total. The van der Waals surface area contributed by atoms with Crippen LogP contribution in [-0.4, -0.2) is 43.9 Å². The molecule has 0 heterocycles. The molecule has 0 aliphatic rings. The van der Waals surface area contributed by atoms with E-state index in [1.807, 2.05) is 91.9 Å². The maximum absolute atomic E-state index is 10.9. The average molecular weight is 563 g/mol. The fourth-order valence-electron chi connectivity index (χ4n) is 4.84. The van der Waals surface area contributed by atoms with Crippen LogP contribution in [0.15, 0.2) is 97.6 Å². The van der Waals surface area contributed by atoms with Gasteiger partial charge in [0.15, 0.2) is 0 Å². The fraction of sp³-hybridized carbons (Fsp3) is 0.429. The van der Waals surface area contributed by atoms with Crippen molar-refractivity contribution in [3.8, 4) is 5.75 Å². The third-order valence-electron chi connectivity index (χ3n) is 7.37. The van der Waals surface area contributed by atoms with E-state index in [-0.39, 0.29) is 30.8 Å². The monoisotopic (exact) mass is 562 g/mol. The van der Waals surface area contributed by atoms with Crippen LogP contribution in [0, 0.1) is 11.8 Å². The minimum Gasteiger partial charge on any atom is -0.497 e. The van der Waals surface area contributed by atoms with E-state index >= 15 is 0 Å². The molecule has 0 amide bonds. The van der Waals surface area contributed by atoms with Gasteiger partial charge in [0.25, 0.3) is 0 Å². The average Bonchev–Trinajstić information content (AvgIpc) is 3.01. The van der Waals surface area contributed by atoms with Crippen LogP contribution in [0.2, 0.25) is 0 Å². The van der Waals surface area contributed by atoms with Gasteiger partial charge in [0.05, 0.1) is 45.2 Å². The summed E-state index contributed by atoms with van der Waals surface area (Å²) < 4.78 is 30.0. The van der Waals surface area contributed by atoms with Gasteiger partial charge < -0.3 is 28.8 Å². The first-order valence-electron chi connectivity index (χ1n) is 14.4. The van der Waals surface area contributed by atoms with Gasteiger partial charge in [-0.05, 0) is 41.7 Å². The number of ether oxygens (including phenoxy) is 5. The van der Waals surface area contributed by atoms with Gasteiger partial charge >= 0.3 is 0 Å². The summed E-state index contributed by atoms with van der Waals surface area (Å²) in [6.07, 6.45) is 1.86. The molecule has 0 spiro atoms. The van der Waals surface area contributed by atoms with E-state index in [0.29, 0.717) is 39.3 Å². The number of hydrogen-bond acceptors (Lipinski definition) is 6. The molecule has 3 rings (SSSR count). The van der Waals surface area contributed by atoms with E-state index in [4.69, 9.17) is 23.7 Å². The van der Waals surface area contributed by atoms with Crippen molar-refractivity contribution in [2.24, 2.45) is 11.8 Å². The molecule has 41 heavy (non-hydrogen) atoms. The van der Waals surface area contributed by atoms with E-state index in [0.717, 1.165) is 22.4 Å². The second-order valence-electron chi connectivity index (χ2n) is 10.4. The lowest BCUT2D eigenvalue weighted by molar-refractivity contribution is -0.152. The van der Waals surface area contributed by atoms with Crippen molar-refractivity contribution in [2.75, 3.05) is 20.5 Å². The molecule has 0 saturated heterocycles. The molecule has 222 valence electrons. The van der Waals surface area contributed by atoms with E-state index in [1.165, 1.54) is 0 Å². The van der Waals surface area contributed by atoms with Gasteiger partial charge in [0.2, 0.25) is 0 Å². The van der Waals surface area contributed by atoms with Crippen LogP contribution in [0.4, 0.5) is 0 Å². The normalized spacial score (nSPS) is 15.0. The van der Waals surface area contributed by atoms with E-state index < -0.39 is 6.10 Å². The van der Waals surface area contributed by atoms with Crippen LogP contribution >= 0.6 is 0 Å². The lowest BCUT2D eigenvalue weighted by Gasteiger charge is -2.36. The second kappa shape index (κ2) is 18.4. The third-order valence-corrected chi connectivity index (χ3v) is 7.37. The largest absolute Gasteiger partial charge is 0.497 e. The van der Waals surface area contributed by atoms with Gasteiger partial charge in [-0.1, -0.05) is 92.7 Å². The summed E-state index contributed by atoms with van der Waals surface area (Å²) in [5.41, 5.74) is 3.25. The minimum atomic E-state index is -0.572. The maximum atomic E-state index is 10.9. The van der Waals surface area contributed by atoms with Crippen molar-refractivity contribution in [2.45, 2.75) is 64.8 Å². The Balaban J connectivity index is 1.66. The molecule has 3 aromatic carbocycles. The predicted octanol–water partition coefficient (Wildman–Crippen LogP) is 6.96. The Bertz CT molecular complexity index is 1090. The number of methoxy groups -OCH3 is 1. The molecule has 0 aliphatic heterocycles. The van der Waals surface area contributed by atoms with Crippen molar-refractivity contribution in [1.29, 1.82) is 0 Å². The first kappa shape index (κ1) is 32.5. The summed E-state index contributed by atoms with van der Waals surface area (Å²) in [4.78, 5) is 0. The van der Waals surface area contributed by atoms with E-state index in [2.05, 4.69) is 13.5 Å². The minimum absolute atomic E-state index is 0.0434. The van der Waals surface area contributed by atoms with Gasteiger partial charge in [-0.15, -0.1) is 6.58 Å². The molecule has 0 bridgehead atoms. The summed E-state index contributed by atoms with van der Waals surface area (Å²) in [5, 5.41) is 10.9. The van der Waals surface area contributed by atoms with Crippen molar-refractivity contribution in [3.63, 3.8) is 0 Å². The van der Waals surface area contributed by atoms with Crippen molar-refractivity contribution < 1.29 is 28.8 Å². The number of benzene rings is 3. The number of aliphatic hydroxyl groups excluding tert-OH is 1. The van der Waals surface area contributed by atoms with Crippen LogP contribution in [0.3, 0.4) is 0 Å². The smallest absolute Gasteiger partial charge is 0.147 e. The lowest BCUT2D eigenvalue weighted by atomic mass is 9.84. The molecular formula is C35H46O6. The van der Waals surface area contributed by atoms with Crippen LogP contribution in [0.5, 0.6) is 5.75 Å². The molecule has 0 radical (unpaired) electrons. The summed E-state index contributed by atoms with van der Waals surface area (Å²) in [5.74, 6) is 0.641. The highest BCUT2D eigenvalue weighted by molar-refractivity contribution is 5.26. The molecule has 0 aromatic heterocycles. The molecule has 0 aliphatic carbocycles. The fourth-order valence-corrected chi connectivity index (χ4v) is 4.84. The van der Waals surface area contributed by atoms with Gasteiger partial charge in [0, 0.05) is 18.4 Å². The summed E-state index contributed by atoms with van der Waals surface area (Å²) in [7, 11) is 1.66. The molecule has 6 heteroatoms. The first-order chi connectivity index (χ1) is 20.0. The topological polar surface area (TPSA) is 66.4 Å². The first-order valence-corrected chi connectivity index (χ1v) is 14.4. The van der Waals surface area contributed by atoms with Gasteiger partial charge in [-0.2, -0.15) is 0 Å². The summed E-state index contributed by atoms with van der Waals surface area (Å²) in [6.45, 7) is 10.0. The number of rotatable bonds is 20. The Hall–Kier alpha value is -3.00. The molecule has 0 fully saturated rings. The van der Waals surface area contributed by atoms with Crippen molar-refractivity contribution in [3.05, 3.63) is 114 Å². The highest BCUT2D eigenvalue weighted by Crippen LogP contribution is 2.28. The van der Waals surface area contributed by atoms with Crippen LogP contribution in [0.25, 0.3) is 0 Å². The van der Waals surface area contributed by atoms with E-state index in [9.17, 15) is 5.11 Å². The molecule has 0 saturated carbocycles. The zero-order chi connectivity index (χ0) is 29.3. The summed E-state index contributed by atoms with van der Waals surface area (Å²) >= 11 is 0. The van der Waals surface area contributed by atoms with Gasteiger partial charge in [-0.3, -0.25) is 0 Å². The Morgan fingerprint density at radius 1 is 0.732 bits per heavy atom. The Labute approximate surface area is 245 Å². The zero-order valence-electron chi connectivity index (χ0n) is 24.7. The van der Waals surface area contributed by atoms with Crippen LogP contribution in [0.1, 0.15) is 43.4 Å². The van der Waals surface area contributed by atoms with E-state index in [1.54, 1.807) is 13.2 Å². The molecule has 1 N–H and O–H groups in total. The molecular weight excluding hydrogens is 516 g/mol. The third kappa shape index (κ3) is 11.4. The van der Waals surface area contributed by atoms with Crippen LogP contribution in [-0.2, 0) is 38.8 Å². The highest BCUT2D eigenvalue weighted by Gasteiger charge is 2.34. The molecule has 3 aromatic rings. The highest BCUT2D eigenvalue weighted by atomic mass is 16.7. The maximum Gasteiger partial charge on any atom is 0.147 e. The van der Waals surface area contributed by atoms with Gasteiger partial charge in [-0.25, -0.2) is 0 Å². The second-order valence-corrected chi connectivity index (χ2v) is 10.4. The SMILES string of the molecule is C=CC[C@@H](O)[C@@H](C)[C@H](OCc1ccccc1)[C@H](C)[C@H](CCOCc1ccc(OC)cc1)OCOCc1ccccc1. The van der Waals surface area contributed by atoms with Crippen molar-refractivity contribution in [1.82, 2.24) is 0 Å². The van der Waals surface area contributed by atoms with Crippen LogP contribution < -0.4 is 4.74 Å². The summed E-state index contributed by atoms with van der Waals surface area (Å²) in [6, 6.07) is 28.0. The Morgan fingerprint density at radius 2 is 1.32 bits per heavy atom. The Kier molecular flexibility index (Phi) is 14.6. The quantitative estimate of drug-likeness (QED) is 0.0913. The lowest BCUT2D eigenvalue weighted by Crippen LogP contribution is -2.42. The number of hydrogen-bond donors (Lipinski definition) is 1. The van der Waals surface area contributed by atoms with Crippen molar-refractivity contribution >= 4 is 0 Å². The number of aliphatic hydroxyl groups is 1. The standard InChI is InChI=1S/C35H46O6/c1-5-12-33(36)27(2)35(40-25-30-15-10-7-11-16-30)28(3)34(41-26-39-24-29-13-8-6-9-14-29)21-22-38-23-31-17-19-32(37-4)20-18-31/h5-11,13-20,27-28,33-36H,1,12,21-26H2,2-4H3/t27-,28-,33-,34+,35+/m1/s1. The van der Waals surface area contributed by atoms with Gasteiger partial charge in [0.1, 0.15) is 12.5 Å². The molecule has 5 atom stereocenters. The zero-order valence-corrected chi connectivity index (χ0v) is 24.7. The predicted molar refractivity (Wildman–Crippen MR) is 162 cm³/mol. The molecule has 0 unspecified atom stereocenters. The Morgan fingerprint density at radius 3 is 1.93 bits per heavy atom.